The molecule has 11 heteroatoms. The predicted molar refractivity (Wildman–Crippen MR) is 116 cm³/mol. The first-order valence-electron chi connectivity index (χ1n) is 10.1. The van der Waals surface area contributed by atoms with Gasteiger partial charge in [-0.1, -0.05) is 42.5 Å². The minimum Gasteiger partial charge on any atom is -0.359 e. The molecule has 2 heterocycles. The van der Waals surface area contributed by atoms with Crippen molar-refractivity contribution in [3.05, 3.63) is 82.1 Å². The number of carbonyl (C=O) groups is 1. The predicted octanol–water partition coefficient (Wildman–Crippen LogP) is 1.67. The van der Waals surface area contributed by atoms with E-state index in [1.165, 1.54) is 12.2 Å². The van der Waals surface area contributed by atoms with Crippen LogP contribution in [-0.2, 0) is 17.8 Å². The number of rotatable bonds is 9. The number of hydrogen-bond donors (Lipinski definition) is 3. The van der Waals surface area contributed by atoms with Crippen LogP contribution in [0.4, 0.5) is 14.6 Å². The van der Waals surface area contributed by atoms with Crippen molar-refractivity contribution in [1.82, 2.24) is 19.9 Å². The van der Waals surface area contributed by atoms with Crippen molar-refractivity contribution in [3.8, 4) is 6.07 Å². The minimum atomic E-state index is -3.51. The summed E-state index contributed by atoms with van der Waals surface area (Å²) < 4.78 is 29.9. The minimum absolute atomic E-state index is 0.0945. The summed E-state index contributed by atoms with van der Waals surface area (Å²) >= 11 is 0. The van der Waals surface area contributed by atoms with Crippen LogP contribution < -0.4 is 16.2 Å². The quantitative estimate of drug-likeness (QED) is 0.524. The number of nitriles is 1. The first kappa shape index (κ1) is 23.6. The van der Waals surface area contributed by atoms with Crippen LogP contribution in [0.5, 0.6) is 0 Å². The third-order valence-electron chi connectivity index (χ3n) is 4.85. The fourth-order valence-electron chi connectivity index (χ4n) is 3.15. The zero-order chi connectivity index (χ0) is 23.8. The van der Waals surface area contributed by atoms with Crippen LogP contribution in [0.2, 0.25) is 0 Å². The molecule has 0 fully saturated rings. The van der Waals surface area contributed by atoms with E-state index in [0.29, 0.717) is 18.0 Å². The molecule has 0 saturated carbocycles. The van der Waals surface area contributed by atoms with E-state index in [2.05, 4.69) is 15.6 Å². The molecular formula is C22H22F2N6O3. The number of allylic oxidation sites excluding steroid dienone is 2. The van der Waals surface area contributed by atoms with Crippen LogP contribution in [-0.4, -0.2) is 51.3 Å². The molecule has 0 radical (unpaired) electrons. The Hall–Kier alpha value is -4.04. The second-order valence-electron chi connectivity index (χ2n) is 7.20. The number of alkyl halides is 2. The van der Waals surface area contributed by atoms with Crippen LogP contribution in [0.25, 0.3) is 0 Å². The van der Waals surface area contributed by atoms with Crippen molar-refractivity contribution in [3.63, 3.8) is 0 Å². The van der Waals surface area contributed by atoms with E-state index in [4.69, 9.17) is 0 Å². The van der Waals surface area contributed by atoms with Gasteiger partial charge in [-0.2, -0.15) is 14.0 Å². The molecule has 172 valence electrons. The summed E-state index contributed by atoms with van der Waals surface area (Å²) in [5.41, 5.74) is -0.683. The van der Waals surface area contributed by atoms with Gasteiger partial charge in [0.25, 0.3) is 5.56 Å². The lowest BCUT2D eigenvalue weighted by Gasteiger charge is -2.28. The van der Waals surface area contributed by atoms with Crippen LogP contribution in [0, 0.1) is 11.3 Å². The average molecular weight is 456 g/mol. The van der Waals surface area contributed by atoms with Crippen LogP contribution in [0.3, 0.4) is 0 Å². The van der Waals surface area contributed by atoms with Gasteiger partial charge in [0.05, 0.1) is 19.3 Å². The van der Waals surface area contributed by atoms with E-state index in [9.17, 15) is 28.8 Å². The highest BCUT2D eigenvalue weighted by Crippen LogP contribution is 2.28. The van der Waals surface area contributed by atoms with Crippen molar-refractivity contribution in [1.29, 1.82) is 5.26 Å². The molecule has 0 atom stereocenters. The number of benzene rings is 1. The smallest absolute Gasteiger partial charge is 0.306 e. The number of nitrogens with one attached hydrogen (secondary N) is 2. The first-order chi connectivity index (χ1) is 15.8. The number of carbonyl (C=O) groups excluding carboxylic acids is 1. The number of hydroxylamine groups is 2. The SMILES string of the molecule is N#Cc1cnc(NCC(F)(F)C2=CC=CCN2O)c(=O)n1CC(=O)NCCc1ccccc1. The Labute approximate surface area is 188 Å². The molecule has 1 aromatic carbocycles. The van der Waals surface area contributed by atoms with E-state index in [-0.39, 0.29) is 12.2 Å². The number of nitrogens with zero attached hydrogens (tertiary/aromatic N) is 4. The van der Waals surface area contributed by atoms with Crippen LogP contribution in [0.1, 0.15) is 11.3 Å². The van der Waals surface area contributed by atoms with Gasteiger partial charge in [0.15, 0.2) is 5.82 Å². The Morgan fingerprint density at radius 1 is 1.30 bits per heavy atom. The second-order valence-corrected chi connectivity index (χ2v) is 7.20. The fourth-order valence-corrected chi connectivity index (χ4v) is 3.15. The molecule has 0 spiro atoms. The lowest BCUT2D eigenvalue weighted by Crippen LogP contribution is -2.40. The first-order valence-corrected chi connectivity index (χ1v) is 10.1. The van der Waals surface area contributed by atoms with Gasteiger partial charge in [-0.3, -0.25) is 24.4 Å². The third kappa shape index (κ3) is 6.02. The van der Waals surface area contributed by atoms with Crippen LogP contribution >= 0.6 is 0 Å². The van der Waals surface area contributed by atoms with Crippen molar-refractivity contribution >= 4 is 11.7 Å². The third-order valence-corrected chi connectivity index (χ3v) is 4.85. The maximum atomic E-state index is 14.5. The van der Waals surface area contributed by atoms with Gasteiger partial charge in [0, 0.05) is 6.54 Å². The van der Waals surface area contributed by atoms with Gasteiger partial charge in [-0.05, 0) is 18.1 Å². The van der Waals surface area contributed by atoms with Crippen molar-refractivity contribution < 1.29 is 18.8 Å². The number of anilines is 1. The molecule has 3 N–H and O–H groups in total. The summed E-state index contributed by atoms with van der Waals surface area (Å²) in [6.45, 7) is -1.27. The van der Waals surface area contributed by atoms with E-state index in [1.54, 1.807) is 6.07 Å². The van der Waals surface area contributed by atoms with Crippen LogP contribution in [0.15, 0.2) is 65.2 Å². The molecule has 0 bridgehead atoms. The Balaban J connectivity index is 1.67. The van der Waals surface area contributed by atoms with Gasteiger partial charge >= 0.3 is 5.92 Å². The second kappa shape index (κ2) is 10.5. The molecule has 0 unspecified atom stereocenters. The topological polar surface area (TPSA) is 123 Å². The summed E-state index contributed by atoms with van der Waals surface area (Å²) in [6.07, 6.45) is 5.56. The summed E-state index contributed by atoms with van der Waals surface area (Å²) in [5, 5.41) is 24.3. The average Bonchev–Trinajstić information content (AvgIpc) is 2.80. The number of aromatic nitrogens is 2. The van der Waals surface area contributed by atoms with E-state index >= 15 is 0 Å². The highest BCUT2D eigenvalue weighted by molar-refractivity contribution is 5.76. The molecule has 1 aliphatic heterocycles. The fraction of sp³-hybridized carbons (Fsp3) is 0.273. The maximum absolute atomic E-state index is 14.5. The van der Waals surface area contributed by atoms with Gasteiger partial charge in [0.2, 0.25) is 5.91 Å². The summed E-state index contributed by atoms with van der Waals surface area (Å²) in [5.74, 6) is -4.47. The Morgan fingerprint density at radius 3 is 2.76 bits per heavy atom. The van der Waals surface area contributed by atoms with E-state index < -0.39 is 42.0 Å². The highest BCUT2D eigenvalue weighted by Gasteiger charge is 2.38. The van der Waals surface area contributed by atoms with Gasteiger partial charge in [-0.25, -0.2) is 4.98 Å². The number of halogens is 2. The zero-order valence-corrected chi connectivity index (χ0v) is 17.5. The molecule has 3 rings (SSSR count). The molecule has 1 aliphatic rings. The molecule has 0 aliphatic carbocycles. The Morgan fingerprint density at radius 2 is 2.06 bits per heavy atom. The maximum Gasteiger partial charge on any atom is 0.306 e. The lowest BCUT2D eigenvalue weighted by molar-refractivity contribution is -0.121. The summed E-state index contributed by atoms with van der Waals surface area (Å²) in [7, 11) is 0. The Bertz CT molecular complexity index is 1150. The molecular weight excluding hydrogens is 434 g/mol. The molecule has 2 aromatic rings. The summed E-state index contributed by atoms with van der Waals surface area (Å²) in [6, 6.07) is 11.2. The largest absolute Gasteiger partial charge is 0.359 e. The van der Waals surface area contributed by atoms with E-state index in [0.717, 1.165) is 22.4 Å². The standard InChI is InChI=1S/C22H22F2N6O3/c23-22(24,18-8-4-5-11-30(18)33)15-28-20-21(32)29(17(12-25)13-27-20)14-19(31)26-10-9-16-6-2-1-3-7-16/h1-8,13,33H,9-11,14-15H2,(H,26,31)(H,27,28). The highest BCUT2D eigenvalue weighted by atomic mass is 19.3. The normalized spacial score (nSPS) is 13.3. The Kier molecular flexibility index (Phi) is 7.53. The monoisotopic (exact) mass is 456 g/mol. The van der Waals surface area contributed by atoms with Crippen molar-refractivity contribution in [2.45, 2.75) is 18.9 Å². The molecule has 9 nitrogen and oxygen atoms in total. The zero-order valence-electron chi connectivity index (χ0n) is 17.5. The van der Waals surface area contributed by atoms with Crippen molar-refractivity contribution in [2.24, 2.45) is 0 Å². The molecule has 0 saturated heterocycles. The number of hydrogen-bond acceptors (Lipinski definition) is 7. The number of amides is 1. The van der Waals surface area contributed by atoms with Gasteiger partial charge < -0.3 is 10.6 Å². The lowest BCUT2D eigenvalue weighted by atomic mass is 10.1. The van der Waals surface area contributed by atoms with Gasteiger partial charge in [-0.15, -0.1) is 0 Å². The van der Waals surface area contributed by atoms with Crippen molar-refractivity contribution in [2.75, 3.05) is 25.0 Å². The molecule has 1 aromatic heterocycles. The summed E-state index contributed by atoms with van der Waals surface area (Å²) in [4.78, 5) is 28.8. The molecule has 1 amide bonds. The molecule has 33 heavy (non-hydrogen) atoms. The van der Waals surface area contributed by atoms with Gasteiger partial charge in [0.1, 0.15) is 24.0 Å². The van der Waals surface area contributed by atoms with E-state index in [1.807, 2.05) is 30.3 Å².